The second-order valence-corrected chi connectivity index (χ2v) is 7.73. The molecule has 29 heavy (non-hydrogen) atoms. The Morgan fingerprint density at radius 1 is 0.690 bits per heavy atom. The van der Waals surface area contributed by atoms with Crippen molar-refractivity contribution in [3.63, 3.8) is 0 Å². The number of benzene rings is 3. The number of fused-ring (bicyclic) bond motifs is 5. The molecule has 3 heteroatoms. The Hall–Kier alpha value is -2.49. The van der Waals surface area contributed by atoms with Crippen molar-refractivity contribution >= 4 is 27.8 Å². The summed E-state index contributed by atoms with van der Waals surface area (Å²) in [5.41, 5.74) is 3.17. The molecule has 3 aliphatic rings. The lowest BCUT2D eigenvalue weighted by atomic mass is 9.86. The number of piperazine rings is 1. The Labute approximate surface area is 173 Å². The first-order chi connectivity index (χ1) is 14.4. The van der Waals surface area contributed by atoms with Gasteiger partial charge < -0.3 is 10.6 Å². The molecular formula is C26H31N3. The third-order valence-electron chi connectivity index (χ3n) is 5.75. The van der Waals surface area contributed by atoms with Crippen LogP contribution in [0.3, 0.4) is 0 Å². The average Bonchev–Trinajstić information content (AvgIpc) is 3.41. The van der Waals surface area contributed by atoms with Crippen LogP contribution in [-0.2, 0) is 12.8 Å². The molecule has 0 spiro atoms. The number of allylic oxidation sites excluding steroid dienone is 1. The summed E-state index contributed by atoms with van der Waals surface area (Å²) in [6, 6.07) is 18.0. The van der Waals surface area contributed by atoms with Crippen LogP contribution >= 0.6 is 0 Å². The van der Waals surface area contributed by atoms with Gasteiger partial charge in [0, 0.05) is 32.4 Å². The summed E-state index contributed by atoms with van der Waals surface area (Å²) >= 11 is 0. The standard InChI is InChI=1S/C18H16.C4H10N2.C4H5N/c1-3-7-15-13(5-1)9-11-18-16-8-4-2-6-14(16)10-12-17(15)18;1-2-6-4-3-5-1;1-2-4-5-3-1/h1,3,5,7,9-12H,2,4,6,8H2;5-6H,1-4H2;1-3H,4H2. The fourth-order valence-electron chi connectivity index (χ4n) is 4.25. The van der Waals surface area contributed by atoms with Crippen LogP contribution < -0.4 is 10.6 Å². The van der Waals surface area contributed by atoms with E-state index in [-0.39, 0.29) is 0 Å². The number of hydrogen-bond donors (Lipinski definition) is 2. The van der Waals surface area contributed by atoms with Gasteiger partial charge in [0.1, 0.15) is 0 Å². The summed E-state index contributed by atoms with van der Waals surface area (Å²) in [5, 5.41) is 12.1. The Morgan fingerprint density at radius 3 is 2.14 bits per heavy atom. The van der Waals surface area contributed by atoms with E-state index in [2.05, 4.69) is 64.2 Å². The fraction of sp³-hybridized carbons (Fsp3) is 0.346. The van der Waals surface area contributed by atoms with Crippen molar-refractivity contribution in [1.82, 2.24) is 10.6 Å². The first kappa shape index (κ1) is 19.8. The third kappa shape index (κ3) is 5.11. The van der Waals surface area contributed by atoms with Gasteiger partial charge in [0.05, 0.1) is 6.54 Å². The van der Waals surface area contributed by atoms with Crippen molar-refractivity contribution in [1.29, 1.82) is 0 Å². The highest BCUT2D eigenvalue weighted by Crippen LogP contribution is 2.33. The van der Waals surface area contributed by atoms with Crippen LogP contribution in [0.4, 0.5) is 0 Å². The van der Waals surface area contributed by atoms with E-state index in [1.807, 2.05) is 12.2 Å². The van der Waals surface area contributed by atoms with E-state index in [0.717, 1.165) is 32.7 Å². The summed E-state index contributed by atoms with van der Waals surface area (Å²) in [6.45, 7) is 5.44. The van der Waals surface area contributed by atoms with Gasteiger partial charge in [-0.05, 0) is 64.4 Å². The molecule has 0 aromatic heterocycles. The molecule has 0 saturated carbocycles. The maximum absolute atomic E-state index is 3.85. The fourth-order valence-corrected chi connectivity index (χ4v) is 4.25. The van der Waals surface area contributed by atoms with Crippen LogP contribution in [0.1, 0.15) is 24.0 Å². The first-order valence-electron chi connectivity index (χ1n) is 10.9. The molecule has 1 aliphatic carbocycles. The van der Waals surface area contributed by atoms with Gasteiger partial charge in [-0.15, -0.1) is 0 Å². The van der Waals surface area contributed by atoms with Gasteiger partial charge in [-0.1, -0.05) is 54.6 Å². The zero-order chi connectivity index (χ0) is 19.7. The SMILES string of the molecule is C1=CCN=C1.C1CNCCN1.c1ccc2c(c1)ccc1c3c(ccc12)CCCC3. The van der Waals surface area contributed by atoms with E-state index >= 15 is 0 Å². The maximum atomic E-state index is 3.85. The van der Waals surface area contributed by atoms with Crippen LogP contribution in [0.15, 0.2) is 65.7 Å². The summed E-state index contributed by atoms with van der Waals surface area (Å²) < 4.78 is 0. The molecule has 6 rings (SSSR count). The molecule has 3 aromatic rings. The Kier molecular flexibility index (Phi) is 7.06. The minimum Gasteiger partial charge on any atom is -0.314 e. The zero-order valence-corrected chi connectivity index (χ0v) is 17.2. The highest BCUT2D eigenvalue weighted by atomic mass is 15.0. The molecule has 0 radical (unpaired) electrons. The number of nitrogens with zero attached hydrogens (tertiary/aromatic N) is 1. The molecule has 0 unspecified atom stereocenters. The molecule has 2 heterocycles. The van der Waals surface area contributed by atoms with Gasteiger partial charge in [0.15, 0.2) is 0 Å². The Morgan fingerprint density at radius 2 is 1.45 bits per heavy atom. The second-order valence-electron chi connectivity index (χ2n) is 7.73. The van der Waals surface area contributed by atoms with Gasteiger partial charge in [-0.2, -0.15) is 0 Å². The van der Waals surface area contributed by atoms with Crippen molar-refractivity contribution in [2.45, 2.75) is 25.7 Å². The van der Waals surface area contributed by atoms with Gasteiger partial charge in [-0.25, -0.2) is 0 Å². The highest BCUT2D eigenvalue weighted by Gasteiger charge is 2.13. The van der Waals surface area contributed by atoms with Crippen LogP contribution in [0.2, 0.25) is 0 Å². The van der Waals surface area contributed by atoms with Crippen LogP contribution in [0.5, 0.6) is 0 Å². The molecule has 0 amide bonds. The van der Waals surface area contributed by atoms with E-state index in [1.54, 1.807) is 17.3 Å². The summed E-state index contributed by atoms with van der Waals surface area (Å²) in [7, 11) is 0. The van der Waals surface area contributed by atoms with E-state index < -0.39 is 0 Å². The lowest BCUT2D eigenvalue weighted by molar-refractivity contribution is 0.534. The largest absolute Gasteiger partial charge is 0.314 e. The monoisotopic (exact) mass is 385 g/mol. The number of aryl methyl sites for hydroxylation is 2. The topological polar surface area (TPSA) is 36.4 Å². The molecule has 3 aromatic carbocycles. The van der Waals surface area contributed by atoms with Crippen molar-refractivity contribution in [2.75, 3.05) is 32.7 Å². The molecule has 1 fully saturated rings. The van der Waals surface area contributed by atoms with Crippen molar-refractivity contribution in [3.05, 3.63) is 71.8 Å². The molecule has 150 valence electrons. The number of nitrogens with one attached hydrogen (secondary N) is 2. The van der Waals surface area contributed by atoms with Crippen molar-refractivity contribution in [2.24, 2.45) is 4.99 Å². The molecule has 1 saturated heterocycles. The quantitative estimate of drug-likeness (QED) is 0.551. The van der Waals surface area contributed by atoms with Crippen LogP contribution in [0.25, 0.3) is 21.5 Å². The minimum absolute atomic E-state index is 0.889. The van der Waals surface area contributed by atoms with E-state index in [4.69, 9.17) is 0 Å². The minimum atomic E-state index is 0.889. The van der Waals surface area contributed by atoms with Gasteiger partial charge in [0.25, 0.3) is 0 Å². The van der Waals surface area contributed by atoms with Crippen molar-refractivity contribution in [3.8, 4) is 0 Å². The molecule has 0 bridgehead atoms. The summed E-state index contributed by atoms with van der Waals surface area (Å²) in [4.78, 5) is 3.85. The number of aliphatic imine (C=N–C) groups is 1. The van der Waals surface area contributed by atoms with Crippen molar-refractivity contribution < 1.29 is 0 Å². The smallest absolute Gasteiger partial charge is 0.0573 e. The zero-order valence-electron chi connectivity index (χ0n) is 17.2. The number of rotatable bonds is 0. The van der Waals surface area contributed by atoms with Gasteiger partial charge in [0.2, 0.25) is 0 Å². The van der Waals surface area contributed by atoms with Gasteiger partial charge in [-0.3, -0.25) is 4.99 Å². The van der Waals surface area contributed by atoms with Gasteiger partial charge >= 0.3 is 0 Å². The van der Waals surface area contributed by atoms with E-state index in [1.165, 1.54) is 47.2 Å². The van der Waals surface area contributed by atoms with E-state index in [0.29, 0.717) is 0 Å². The molecule has 2 aliphatic heterocycles. The predicted octanol–water partition coefficient (Wildman–Crippen LogP) is 4.68. The molecule has 0 atom stereocenters. The second kappa shape index (κ2) is 10.3. The highest BCUT2D eigenvalue weighted by molar-refractivity contribution is 6.08. The summed E-state index contributed by atoms with van der Waals surface area (Å²) in [6.07, 6.45) is 11.0. The number of hydrogen-bond acceptors (Lipinski definition) is 3. The Bertz CT molecular complexity index is 978. The van der Waals surface area contributed by atoms with Crippen LogP contribution in [0, 0.1) is 0 Å². The predicted molar refractivity (Wildman–Crippen MR) is 126 cm³/mol. The maximum Gasteiger partial charge on any atom is 0.0573 e. The first-order valence-corrected chi connectivity index (χ1v) is 10.9. The normalized spacial score (nSPS) is 17.2. The molecule has 3 nitrogen and oxygen atoms in total. The lowest BCUT2D eigenvalue weighted by Gasteiger charge is -2.18. The molecular weight excluding hydrogens is 354 g/mol. The lowest BCUT2D eigenvalue weighted by Crippen LogP contribution is -2.39. The summed E-state index contributed by atoms with van der Waals surface area (Å²) in [5.74, 6) is 0. The van der Waals surface area contributed by atoms with E-state index in [9.17, 15) is 0 Å². The third-order valence-corrected chi connectivity index (χ3v) is 5.75. The average molecular weight is 386 g/mol. The Balaban J connectivity index is 0.000000152. The van der Waals surface area contributed by atoms with Crippen LogP contribution in [-0.4, -0.2) is 38.9 Å². The molecule has 2 N–H and O–H groups in total.